The molecule has 0 saturated carbocycles. The molecule has 1 atom stereocenters. The van der Waals surface area contributed by atoms with E-state index >= 15 is 4.79 Å². The van der Waals surface area contributed by atoms with Gasteiger partial charge in [-0.3, -0.25) is 9.59 Å². The zero-order chi connectivity index (χ0) is 48.5. The average molecular weight is 762 g/mol. The second kappa shape index (κ2) is 16.7. The van der Waals surface area contributed by atoms with Gasteiger partial charge in [0.25, 0.3) is 0 Å². The number of rotatable bonds is 12. The molecule has 278 valence electrons. The van der Waals surface area contributed by atoms with Gasteiger partial charge in [0, 0.05) is 66.4 Å². The minimum atomic E-state index is -4.65. The molecule has 6 nitrogen and oxygen atoms in total. The van der Waals surface area contributed by atoms with Crippen molar-refractivity contribution in [2.75, 3.05) is 33.3 Å². The zero-order valence-electron chi connectivity index (χ0n) is 40.2. The molecule has 2 heterocycles. The Morgan fingerprint density at radius 1 is 1.02 bits per heavy atom. The summed E-state index contributed by atoms with van der Waals surface area (Å²) in [5.41, 5.74) is -2.17. The molecule has 1 aliphatic rings. The highest BCUT2D eigenvalue weighted by atomic mass is 32.2. The SMILES string of the molecule is [2H]C(C)(c1ccc(-c2ccc(C(F)(F)F)cc2)cc1)N(C(=O)C([2H])([2H])n1c(SCc2cccc(F)c2F)cc(=O)c2ccccc21)C1([2H])C([2H])([2H])C([2H])([2H])N(CCOC)C([2H])([2H])C1([2H])[2H]. The highest BCUT2D eigenvalue weighted by molar-refractivity contribution is 7.98. The number of likely N-dealkylation sites (tertiary alicyclic amines) is 1. The van der Waals surface area contributed by atoms with Crippen LogP contribution in [0.1, 0.15) is 58.8 Å². The van der Waals surface area contributed by atoms with E-state index in [2.05, 4.69) is 0 Å². The van der Waals surface area contributed by atoms with Crippen LogP contribution >= 0.6 is 11.8 Å². The van der Waals surface area contributed by atoms with Crippen molar-refractivity contribution in [3.63, 3.8) is 0 Å². The first kappa shape index (κ1) is 25.5. The Hall–Kier alpha value is -4.52. The van der Waals surface area contributed by atoms with Crippen molar-refractivity contribution < 1.29 is 47.9 Å². The van der Waals surface area contributed by atoms with Gasteiger partial charge in [-0.2, -0.15) is 13.2 Å². The van der Waals surface area contributed by atoms with Gasteiger partial charge in [0.1, 0.15) is 6.50 Å². The number of nitrogens with zero attached hydrogens (tertiary/aromatic N) is 3. The first-order valence-corrected chi connectivity index (χ1v) is 17.0. The Balaban J connectivity index is 1.61. The smallest absolute Gasteiger partial charge is 0.383 e. The van der Waals surface area contributed by atoms with E-state index in [9.17, 15) is 37.7 Å². The summed E-state index contributed by atoms with van der Waals surface area (Å²) in [6, 6.07) is 10.8. The van der Waals surface area contributed by atoms with Crippen molar-refractivity contribution in [1.82, 2.24) is 14.4 Å². The number of thioether (sulfide) groups is 1. The molecule has 5 aromatic rings. The summed E-state index contributed by atoms with van der Waals surface area (Å²) >= 11 is 0.558. The monoisotopic (exact) mass is 761 g/mol. The number of piperidine rings is 1. The van der Waals surface area contributed by atoms with Gasteiger partial charge < -0.3 is 19.1 Å². The van der Waals surface area contributed by atoms with Crippen LogP contribution in [0.5, 0.6) is 0 Å². The predicted molar refractivity (Wildman–Crippen MR) is 198 cm³/mol. The number of halogens is 5. The Kier molecular flexibility index (Phi) is 8.01. The number of carbonyl (C=O) groups excluding carboxylic acids is 1. The van der Waals surface area contributed by atoms with E-state index in [4.69, 9.17) is 10.2 Å². The summed E-state index contributed by atoms with van der Waals surface area (Å²) < 4.78 is 187. The van der Waals surface area contributed by atoms with Crippen molar-refractivity contribution in [3.8, 4) is 11.1 Å². The molecule has 1 unspecified atom stereocenters. The van der Waals surface area contributed by atoms with Crippen LogP contribution < -0.4 is 5.43 Å². The van der Waals surface area contributed by atoms with Crippen molar-refractivity contribution in [1.29, 1.82) is 0 Å². The zero-order valence-corrected chi connectivity index (χ0v) is 29.0. The van der Waals surface area contributed by atoms with E-state index in [1.54, 1.807) is 0 Å². The highest BCUT2D eigenvalue weighted by Crippen LogP contribution is 2.34. The second-order valence-electron chi connectivity index (χ2n) is 11.7. The minimum Gasteiger partial charge on any atom is -0.383 e. The van der Waals surface area contributed by atoms with Gasteiger partial charge in [0.2, 0.25) is 5.91 Å². The number of para-hydroxylation sites is 1. The van der Waals surface area contributed by atoms with E-state index in [-0.39, 0.29) is 37.4 Å². The minimum absolute atomic E-state index is 0.142. The van der Waals surface area contributed by atoms with Gasteiger partial charge in [0.15, 0.2) is 17.1 Å². The molecular weight excluding hydrogens is 710 g/mol. The number of pyridine rings is 1. The maximum Gasteiger partial charge on any atom is 0.416 e. The number of alkyl halides is 3. The fourth-order valence-electron chi connectivity index (χ4n) is 5.44. The fraction of sp³-hybridized carbons (Fsp3) is 0.317. The number of methoxy groups -OCH3 is 1. The van der Waals surface area contributed by atoms with Crippen molar-refractivity contribution >= 4 is 28.6 Å². The largest absolute Gasteiger partial charge is 0.416 e. The molecule has 0 radical (unpaired) electrons. The maximum atomic E-state index is 15.6. The van der Waals surface area contributed by atoms with Crippen LogP contribution in [0.2, 0.25) is 0 Å². The molecule has 1 amide bonds. The second-order valence-corrected chi connectivity index (χ2v) is 12.7. The van der Waals surface area contributed by atoms with E-state index in [1.807, 2.05) is 0 Å². The van der Waals surface area contributed by atoms with Gasteiger partial charge in [0.05, 0.1) is 34.2 Å². The van der Waals surface area contributed by atoms with Crippen molar-refractivity contribution in [3.05, 3.63) is 136 Å². The summed E-state index contributed by atoms with van der Waals surface area (Å²) in [5.74, 6) is -5.06. The summed E-state index contributed by atoms with van der Waals surface area (Å²) in [4.78, 5) is 29.0. The molecule has 1 aromatic heterocycles. The lowest BCUT2D eigenvalue weighted by molar-refractivity contribution is -0.138. The van der Waals surface area contributed by atoms with E-state index in [1.165, 1.54) is 48.5 Å². The summed E-state index contributed by atoms with van der Waals surface area (Å²) in [6.07, 6.45) is -12.8. The fourth-order valence-corrected chi connectivity index (χ4v) is 6.43. The van der Waals surface area contributed by atoms with Gasteiger partial charge in [-0.1, -0.05) is 60.7 Å². The normalized spacial score (nSPS) is 23.4. The number of ether oxygens (including phenoxy) is 1. The lowest BCUT2D eigenvalue weighted by Crippen LogP contribution is -2.49. The lowest BCUT2D eigenvalue weighted by Gasteiger charge is -2.42. The molecule has 12 heteroatoms. The molecule has 0 aliphatic carbocycles. The Morgan fingerprint density at radius 3 is 2.34 bits per heavy atom. The third kappa shape index (κ3) is 8.83. The Morgan fingerprint density at radius 2 is 1.68 bits per heavy atom. The number of carbonyl (C=O) groups is 1. The Labute approximate surface area is 326 Å². The van der Waals surface area contributed by atoms with Crippen LogP contribution in [-0.4, -0.2) is 59.5 Å². The molecule has 53 heavy (non-hydrogen) atoms. The van der Waals surface area contributed by atoms with Crippen LogP contribution in [0, 0.1) is 11.6 Å². The van der Waals surface area contributed by atoms with E-state index < -0.39 is 108 Å². The van der Waals surface area contributed by atoms with Gasteiger partial charge in [-0.15, -0.1) is 11.8 Å². The van der Waals surface area contributed by atoms with E-state index in [0.717, 1.165) is 62.6 Å². The molecule has 0 spiro atoms. The Bertz CT molecular complexity index is 2640. The molecular formula is C41H40F5N3O3S. The number of benzene rings is 4. The van der Waals surface area contributed by atoms with Crippen LogP contribution in [0.15, 0.2) is 107 Å². The van der Waals surface area contributed by atoms with Gasteiger partial charge in [-0.25, -0.2) is 8.78 Å². The lowest BCUT2D eigenvalue weighted by atomic mass is 9.96. The topological polar surface area (TPSA) is 54.8 Å². The number of hydrogen-bond acceptors (Lipinski definition) is 5. The summed E-state index contributed by atoms with van der Waals surface area (Å²) in [7, 11) is 1.16. The average Bonchev–Trinajstić information content (AvgIpc) is 3.23. The van der Waals surface area contributed by atoms with Crippen LogP contribution in [0.4, 0.5) is 22.0 Å². The highest BCUT2D eigenvalue weighted by Gasteiger charge is 2.33. The number of amides is 1. The molecule has 1 fully saturated rings. The van der Waals surface area contributed by atoms with Gasteiger partial charge in [-0.05, 0) is 66.7 Å². The van der Waals surface area contributed by atoms with Crippen LogP contribution in [0.3, 0.4) is 0 Å². The number of aromatic nitrogens is 1. The number of fused-ring (bicyclic) bond motifs is 1. The van der Waals surface area contributed by atoms with Crippen molar-refractivity contribution in [2.24, 2.45) is 0 Å². The predicted octanol–water partition coefficient (Wildman–Crippen LogP) is 8.96. The molecule has 0 N–H and O–H groups in total. The number of hydrogen-bond donors (Lipinski definition) is 0. The third-order valence-electron chi connectivity index (χ3n) is 8.25. The molecule has 1 saturated heterocycles. The standard InChI is InChI=1S/C41H40F5N3O3S/c1-27(28-10-12-29(13-11-28)30-14-16-32(17-15-30)41(44,45)46)49(33-18-20-47(21-19-33)22-23-52-2)38(51)25-48-36-9-4-3-7-34(36)37(50)24-39(48)53-26-31-6-5-8-35(42)40(31)43/h3-17,24,27,33H,18-23,25-26H2,1-2H3/i18D2,19D2,20D2,21D2,25D2,27D,33D. The van der Waals surface area contributed by atoms with Crippen LogP contribution in [0.25, 0.3) is 22.0 Å². The van der Waals surface area contributed by atoms with Gasteiger partial charge >= 0.3 is 6.18 Å². The van der Waals surface area contributed by atoms with Crippen molar-refractivity contribution in [2.45, 2.75) is 55.2 Å². The quantitative estimate of drug-likeness (QED) is 0.0940. The first-order chi connectivity index (χ1) is 29.9. The molecule has 4 aromatic carbocycles. The van der Waals surface area contributed by atoms with E-state index in [0.29, 0.717) is 16.3 Å². The molecule has 6 rings (SSSR count). The molecule has 1 aliphatic heterocycles. The summed E-state index contributed by atoms with van der Waals surface area (Å²) in [5, 5.41) is -0.622. The molecule has 0 bridgehead atoms. The first-order valence-electron chi connectivity index (χ1n) is 22.0. The third-order valence-corrected chi connectivity index (χ3v) is 9.30. The maximum absolute atomic E-state index is 15.6. The van der Waals surface area contributed by atoms with Crippen LogP contribution in [-0.2, 0) is 28.0 Å². The summed E-state index contributed by atoms with van der Waals surface area (Å²) in [6.45, 7) is -11.6.